The third-order valence-electron chi connectivity index (χ3n) is 0.142. The van der Waals surface area contributed by atoms with Crippen molar-refractivity contribution in [2.75, 3.05) is 0 Å². The Morgan fingerprint density at radius 2 is 1.90 bits per heavy atom. The topological polar surface area (TPSA) is 153 Å². The van der Waals surface area contributed by atoms with E-state index in [0.29, 0.717) is 0 Å². The Labute approximate surface area is 58.7 Å². The van der Waals surface area contributed by atoms with Gasteiger partial charge in [-0.3, -0.25) is 0 Å². The highest BCUT2D eigenvalue weighted by atomic mass is 31.0. The molecule has 10 heavy (non-hydrogen) atoms. The van der Waals surface area contributed by atoms with Gasteiger partial charge in [-0.05, 0) is 9.39 Å². The molecule has 0 fully saturated rings. The van der Waals surface area contributed by atoms with Crippen LogP contribution in [0, 0.1) is 10.1 Å². The number of carbonyl (C=O) groups is 1. The van der Waals surface area contributed by atoms with Crippen molar-refractivity contribution in [3.63, 3.8) is 0 Å². The molecule has 9 heteroatoms. The maximum absolute atomic E-state index is 9.46. The van der Waals surface area contributed by atoms with Crippen LogP contribution in [-0.4, -0.2) is 16.3 Å². The summed E-state index contributed by atoms with van der Waals surface area (Å²) in [7, 11) is 1.97. The number of nitrogens with zero attached hydrogens (tertiary/aromatic N) is 1. The number of nitrogens with two attached hydrogens (primary N) is 1. The van der Waals surface area contributed by atoms with Crippen molar-refractivity contribution >= 4 is 15.4 Å². The van der Waals surface area contributed by atoms with E-state index in [1.165, 1.54) is 0 Å². The Morgan fingerprint density at radius 1 is 1.80 bits per heavy atom. The molecule has 0 heterocycles. The third-order valence-corrected chi connectivity index (χ3v) is 0.427. The normalized spacial score (nSPS) is 5.70. The molecule has 0 saturated heterocycles. The van der Waals surface area contributed by atoms with Gasteiger partial charge in [0.05, 0.1) is 0 Å². The molecule has 0 aromatic heterocycles. The second kappa shape index (κ2) is 10.8. The van der Waals surface area contributed by atoms with Gasteiger partial charge in [0, 0.05) is 0 Å². The smallest absolute Gasteiger partial charge is 0.315 e. The van der Waals surface area contributed by atoms with E-state index in [4.69, 9.17) is 15.3 Å². The molecule has 0 aliphatic rings. The van der Waals surface area contributed by atoms with E-state index < -0.39 is 11.1 Å². The largest absolute Gasteiger partial charge is 0.351 e. The van der Waals surface area contributed by atoms with Gasteiger partial charge in [-0.25, -0.2) is 4.79 Å². The number of rotatable bonds is 0. The standard InChI is InChI=1S/CH5N2OP.HNO3.H3N/c2-1(4)3-5;2-1(3)4;/h5H2,(H3,2,3,4);(H,2,3,4);1H3. The van der Waals surface area contributed by atoms with Gasteiger partial charge in [0.25, 0.3) is 5.09 Å². The summed E-state index contributed by atoms with van der Waals surface area (Å²) in [4.78, 5) is 17.8. The lowest BCUT2D eigenvalue weighted by molar-refractivity contribution is -0.742. The SMILES string of the molecule is N.NC(=O)NP.O=[N+]([O-])O. The van der Waals surface area contributed by atoms with E-state index in [-0.39, 0.29) is 6.15 Å². The van der Waals surface area contributed by atoms with Crippen molar-refractivity contribution in [2.45, 2.75) is 0 Å². The van der Waals surface area contributed by atoms with Gasteiger partial charge in [-0.1, -0.05) is 0 Å². The molecule has 0 aromatic rings. The average Bonchev–Trinajstić information content (AvgIpc) is 1.65. The summed E-state index contributed by atoms with van der Waals surface area (Å²) >= 11 is 0. The molecule has 0 saturated carbocycles. The predicted octanol–water partition coefficient (Wildman–Crippen LogP) is -0.741. The second-order valence-electron chi connectivity index (χ2n) is 0.746. The molecule has 0 rings (SSSR count). The van der Waals surface area contributed by atoms with Gasteiger partial charge in [-0.2, -0.15) is 0 Å². The maximum Gasteiger partial charge on any atom is 0.315 e. The number of primary amides is 1. The number of nitrogens with one attached hydrogen (secondary N) is 1. The first kappa shape index (κ1) is 15.9. The first-order chi connectivity index (χ1) is 4.00. The Kier molecular flexibility index (Phi) is 17.2. The molecule has 62 valence electrons. The Hall–Kier alpha value is -1.14. The predicted molar refractivity (Wildman–Crippen MR) is 36.2 cm³/mol. The van der Waals surface area contributed by atoms with Crippen LogP contribution in [0.15, 0.2) is 0 Å². The lowest BCUT2D eigenvalue weighted by Gasteiger charge is -1.80. The summed E-state index contributed by atoms with van der Waals surface area (Å²) in [6.07, 6.45) is 0. The Morgan fingerprint density at radius 3 is 1.90 bits per heavy atom. The van der Waals surface area contributed by atoms with Gasteiger partial charge < -0.3 is 22.2 Å². The number of hydrogen-bond acceptors (Lipinski definition) is 4. The zero-order valence-electron chi connectivity index (χ0n) is 4.98. The molecule has 0 aromatic carbocycles. The number of hydrogen-bond donors (Lipinski definition) is 4. The summed E-state index contributed by atoms with van der Waals surface area (Å²) in [5.74, 6) is 0. The van der Waals surface area contributed by atoms with Crippen molar-refractivity contribution in [2.24, 2.45) is 5.73 Å². The van der Waals surface area contributed by atoms with Gasteiger partial charge >= 0.3 is 6.03 Å². The summed E-state index contributed by atoms with van der Waals surface area (Å²) < 4.78 is 0. The zero-order chi connectivity index (χ0) is 7.86. The van der Waals surface area contributed by atoms with Crippen molar-refractivity contribution in [3.05, 3.63) is 10.1 Å². The van der Waals surface area contributed by atoms with Crippen LogP contribution in [0.3, 0.4) is 0 Å². The fourth-order valence-electron chi connectivity index (χ4n) is 0. The van der Waals surface area contributed by atoms with Gasteiger partial charge in [0.1, 0.15) is 0 Å². The number of urea groups is 1. The molecule has 8 nitrogen and oxygen atoms in total. The Balaban J connectivity index is -0.0000000910. The van der Waals surface area contributed by atoms with Crippen LogP contribution in [0.2, 0.25) is 0 Å². The summed E-state index contributed by atoms with van der Waals surface area (Å²) in [6.45, 7) is 0. The molecule has 0 aliphatic heterocycles. The summed E-state index contributed by atoms with van der Waals surface area (Å²) in [6, 6.07) is -0.532. The van der Waals surface area contributed by atoms with Crippen LogP contribution >= 0.6 is 9.39 Å². The van der Waals surface area contributed by atoms with Crippen molar-refractivity contribution < 1.29 is 15.1 Å². The van der Waals surface area contributed by atoms with Crippen LogP contribution < -0.4 is 17.0 Å². The minimum absolute atomic E-state index is 0. The van der Waals surface area contributed by atoms with Crippen LogP contribution in [0.4, 0.5) is 4.79 Å². The number of carbonyl (C=O) groups excluding carboxylic acids is 1. The summed E-state index contributed by atoms with van der Waals surface area (Å²) in [5, 5.41) is 15.7. The summed E-state index contributed by atoms with van der Waals surface area (Å²) in [5.41, 5.74) is 4.52. The highest BCUT2D eigenvalue weighted by Gasteiger charge is 1.73. The van der Waals surface area contributed by atoms with E-state index in [1.807, 2.05) is 9.39 Å². The van der Waals surface area contributed by atoms with E-state index in [9.17, 15) is 4.79 Å². The fraction of sp³-hybridized carbons (Fsp3) is 0. The lowest BCUT2D eigenvalue weighted by atomic mass is 11.2. The first-order valence-corrected chi connectivity index (χ1v) is 2.17. The molecule has 0 spiro atoms. The van der Waals surface area contributed by atoms with Gasteiger partial charge in [-0.15, -0.1) is 10.1 Å². The minimum atomic E-state index is -1.50. The van der Waals surface area contributed by atoms with Crippen LogP contribution in [0.5, 0.6) is 0 Å². The third kappa shape index (κ3) is 319. The highest BCUT2D eigenvalue weighted by Crippen LogP contribution is 1.60. The van der Waals surface area contributed by atoms with E-state index in [1.54, 1.807) is 0 Å². The maximum atomic E-state index is 9.46. The molecule has 1 unspecified atom stereocenters. The monoisotopic (exact) mass is 172 g/mol. The zero-order valence-corrected chi connectivity index (χ0v) is 6.14. The first-order valence-electron chi connectivity index (χ1n) is 1.60. The molecule has 0 radical (unpaired) electrons. The average molecular weight is 172 g/mol. The van der Waals surface area contributed by atoms with Gasteiger partial charge in [0.2, 0.25) is 0 Å². The fourth-order valence-corrected chi connectivity index (χ4v) is 0. The lowest BCUT2D eigenvalue weighted by Crippen LogP contribution is -2.19. The van der Waals surface area contributed by atoms with Crippen LogP contribution in [0.1, 0.15) is 0 Å². The van der Waals surface area contributed by atoms with Crippen molar-refractivity contribution in [1.82, 2.24) is 11.2 Å². The molecule has 0 aliphatic carbocycles. The second-order valence-corrected chi connectivity index (χ2v) is 1.04. The van der Waals surface area contributed by atoms with Crippen molar-refractivity contribution in [3.8, 4) is 0 Å². The van der Waals surface area contributed by atoms with Crippen LogP contribution in [-0.2, 0) is 0 Å². The van der Waals surface area contributed by atoms with E-state index in [2.05, 4.69) is 10.8 Å². The number of amides is 2. The molecular weight excluding hydrogens is 163 g/mol. The molecule has 0 bridgehead atoms. The van der Waals surface area contributed by atoms with Crippen LogP contribution in [0.25, 0.3) is 0 Å². The molecule has 1 atom stereocenters. The molecule has 2 amide bonds. The van der Waals surface area contributed by atoms with E-state index in [0.717, 1.165) is 0 Å². The highest BCUT2D eigenvalue weighted by molar-refractivity contribution is 7.15. The van der Waals surface area contributed by atoms with E-state index >= 15 is 0 Å². The molecular formula is CH9N4O4P. The quantitative estimate of drug-likeness (QED) is 0.215. The molecule has 7 N–H and O–H groups in total. The Bertz CT molecular complexity index is 101. The minimum Gasteiger partial charge on any atom is -0.351 e. The van der Waals surface area contributed by atoms with Crippen molar-refractivity contribution in [1.29, 1.82) is 0 Å². The van der Waals surface area contributed by atoms with Gasteiger partial charge in [0.15, 0.2) is 0 Å².